The van der Waals surface area contributed by atoms with Crippen molar-refractivity contribution in [2.24, 2.45) is 0 Å². The summed E-state index contributed by atoms with van der Waals surface area (Å²) in [5.41, 5.74) is -0.294. The van der Waals surface area contributed by atoms with E-state index in [9.17, 15) is 32.9 Å². The van der Waals surface area contributed by atoms with Crippen LogP contribution in [0.3, 0.4) is 0 Å². The summed E-state index contributed by atoms with van der Waals surface area (Å²) in [5.74, 6) is -1.94. The van der Waals surface area contributed by atoms with Gasteiger partial charge < -0.3 is 14.8 Å². The van der Waals surface area contributed by atoms with Crippen LogP contribution in [0.25, 0.3) is 0 Å². The number of carbonyl (C=O) groups is 2. The van der Waals surface area contributed by atoms with Gasteiger partial charge in [-0.3, -0.25) is 14.9 Å². The number of hydrogen-bond acceptors (Lipinski definition) is 6. The molecule has 2 aromatic rings. The quantitative estimate of drug-likeness (QED) is 0.423. The first-order chi connectivity index (χ1) is 13.6. The Kier molecular flexibility index (Phi) is 6.75. The Labute approximate surface area is 162 Å². The zero-order valence-electron chi connectivity index (χ0n) is 15.0. The highest BCUT2D eigenvalue weighted by atomic mass is 19.4. The van der Waals surface area contributed by atoms with Gasteiger partial charge in [-0.2, -0.15) is 0 Å². The van der Waals surface area contributed by atoms with E-state index < -0.39 is 34.6 Å². The highest BCUT2D eigenvalue weighted by molar-refractivity contribution is 5.99. The predicted molar refractivity (Wildman–Crippen MR) is 93.3 cm³/mol. The third-order valence-corrected chi connectivity index (χ3v) is 3.51. The maximum Gasteiger partial charge on any atom is 0.573 e. The second-order valence-corrected chi connectivity index (χ2v) is 5.62. The first-order valence-electron chi connectivity index (χ1n) is 8.18. The maximum atomic E-state index is 12.3. The molecule has 1 amide bonds. The lowest BCUT2D eigenvalue weighted by atomic mass is 10.1. The van der Waals surface area contributed by atoms with Crippen LogP contribution in [-0.2, 0) is 11.3 Å². The molecule has 0 saturated carbocycles. The molecule has 2 aromatic carbocycles. The van der Waals surface area contributed by atoms with Crippen LogP contribution in [0.15, 0.2) is 42.5 Å². The SMILES string of the molecule is CCOC(=O)c1cc(C(=O)NCc2ccc(OC(F)(F)F)cc2)cc([N+](=O)[O-])c1. The summed E-state index contributed by atoms with van der Waals surface area (Å²) in [7, 11) is 0. The summed E-state index contributed by atoms with van der Waals surface area (Å²) in [6.45, 7) is 1.55. The molecule has 0 unspecified atom stereocenters. The number of hydrogen-bond donors (Lipinski definition) is 1. The minimum atomic E-state index is -4.81. The maximum absolute atomic E-state index is 12.3. The topological polar surface area (TPSA) is 108 Å². The molecule has 11 heteroatoms. The number of nitro groups is 1. The lowest BCUT2D eigenvalue weighted by molar-refractivity contribution is -0.384. The Morgan fingerprint density at radius 3 is 2.28 bits per heavy atom. The number of benzene rings is 2. The van der Waals surface area contributed by atoms with Crippen molar-refractivity contribution in [1.29, 1.82) is 0 Å². The number of nitro benzene ring substituents is 1. The van der Waals surface area contributed by atoms with E-state index in [1.165, 1.54) is 12.1 Å². The molecule has 1 N–H and O–H groups in total. The predicted octanol–water partition coefficient (Wildman–Crippen LogP) is 3.60. The van der Waals surface area contributed by atoms with Crippen molar-refractivity contribution in [2.75, 3.05) is 6.61 Å². The molecular weight excluding hydrogens is 397 g/mol. The fourth-order valence-corrected chi connectivity index (χ4v) is 2.27. The van der Waals surface area contributed by atoms with Crippen LogP contribution < -0.4 is 10.1 Å². The van der Waals surface area contributed by atoms with Crippen molar-refractivity contribution >= 4 is 17.6 Å². The molecular formula is C18H15F3N2O6. The average molecular weight is 412 g/mol. The molecule has 0 aliphatic heterocycles. The number of amides is 1. The van der Waals surface area contributed by atoms with E-state index in [0.29, 0.717) is 5.56 Å². The summed E-state index contributed by atoms with van der Waals surface area (Å²) < 4.78 is 45.0. The van der Waals surface area contributed by atoms with E-state index >= 15 is 0 Å². The fourth-order valence-electron chi connectivity index (χ4n) is 2.27. The zero-order chi connectivity index (χ0) is 21.6. The van der Waals surface area contributed by atoms with Crippen LogP contribution in [0.4, 0.5) is 18.9 Å². The molecule has 2 rings (SSSR count). The van der Waals surface area contributed by atoms with Gasteiger partial charge in [0.05, 0.1) is 17.1 Å². The first kappa shape index (κ1) is 21.7. The van der Waals surface area contributed by atoms with Gasteiger partial charge in [-0.25, -0.2) is 4.79 Å². The number of rotatable bonds is 7. The standard InChI is InChI=1S/C18H15F3N2O6/c1-2-28-17(25)13-7-12(8-14(9-13)23(26)27)16(24)22-10-11-3-5-15(6-4-11)29-18(19,20)21/h3-9H,2,10H2,1H3,(H,22,24). The normalized spacial score (nSPS) is 10.9. The van der Waals surface area contributed by atoms with Crippen molar-refractivity contribution in [1.82, 2.24) is 5.32 Å². The molecule has 8 nitrogen and oxygen atoms in total. The Hall–Kier alpha value is -3.63. The molecule has 154 valence electrons. The van der Waals surface area contributed by atoms with Crippen molar-refractivity contribution in [2.45, 2.75) is 19.8 Å². The van der Waals surface area contributed by atoms with Gasteiger partial charge in [-0.15, -0.1) is 13.2 Å². The molecule has 0 radical (unpaired) electrons. The summed E-state index contributed by atoms with van der Waals surface area (Å²) in [4.78, 5) is 34.5. The lowest BCUT2D eigenvalue weighted by Gasteiger charge is -2.10. The van der Waals surface area contributed by atoms with Gasteiger partial charge in [0, 0.05) is 24.2 Å². The molecule has 0 aliphatic carbocycles. The fraction of sp³-hybridized carbons (Fsp3) is 0.222. The summed E-state index contributed by atoms with van der Waals surface area (Å²) in [6.07, 6.45) is -4.81. The van der Waals surface area contributed by atoms with Gasteiger partial charge >= 0.3 is 12.3 Å². The number of nitrogens with zero attached hydrogens (tertiary/aromatic N) is 1. The number of non-ortho nitro benzene ring substituents is 1. The molecule has 0 bridgehead atoms. The molecule has 0 aliphatic rings. The first-order valence-corrected chi connectivity index (χ1v) is 8.18. The number of carbonyl (C=O) groups excluding carboxylic acids is 2. The molecule has 0 fully saturated rings. The number of halogens is 3. The van der Waals surface area contributed by atoms with Gasteiger partial charge in [0.2, 0.25) is 0 Å². The number of alkyl halides is 3. The number of nitrogens with one attached hydrogen (secondary N) is 1. The van der Waals surface area contributed by atoms with Crippen LogP contribution in [0.1, 0.15) is 33.2 Å². The van der Waals surface area contributed by atoms with Gasteiger partial charge in [0.15, 0.2) is 0 Å². The average Bonchev–Trinajstić information content (AvgIpc) is 2.65. The minimum absolute atomic E-state index is 0.0527. The minimum Gasteiger partial charge on any atom is -0.462 e. The van der Waals surface area contributed by atoms with E-state index in [0.717, 1.165) is 30.3 Å². The van der Waals surface area contributed by atoms with Gasteiger partial charge in [-0.05, 0) is 30.7 Å². The molecule has 0 atom stereocenters. The number of esters is 1. The summed E-state index contributed by atoms with van der Waals surface area (Å²) in [5, 5.41) is 13.5. The Balaban J connectivity index is 2.11. The summed E-state index contributed by atoms with van der Waals surface area (Å²) in [6, 6.07) is 7.95. The van der Waals surface area contributed by atoms with Crippen molar-refractivity contribution in [3.8, 4) is 5.75 Å². The van der Waals surface area contributed by atoms with Crippen molar-refractivity contribution in [3.63, 3.8) is 0 Å². The highest BCUT2D eigenvalue weighted by Crippen LogP contribution is 2.23. The van der Waals surface area contributed by atoms with Crippen molar-refractivity contribution < 1.29 is 37.2 Å². The summed E-state index contributed by atoms with van der Waals surface area (Å²) >= 11 is 0. The smallest absolute Gasteiger partial charge is 0.462 e. The molecule has 29 heavy (non-hydrogen) atoms. The number of ether oxygens (including phenoxy) is 2. The van der Waals surface area contributed by atoms with E-state index in [1.807, 2.05) is 0 Å². The zero-order valence-corrected chi connectivity index (χ0v) is 15.0. The second kappa shape index (κ2) is 9.04. The van der Waals surface area contributed by atoms with E-state index in [4.69, 9.17) is 4.74 Å². The Morgan fingerprint density at radius 2 is 1.72 bits per heavy atom. The third kappa shape index (κ3) is 6.48. The van der Waals surface area contributed by atoms with Crippen LogP contribution in [0, 0.1) is 10.1 Å². The van der Waals surface area contributed by atoms with E-state index in [2.05, 4.69) is 10.1 Å². The molecule has 0 saturated heterocycles. The second-order valence-electron chi connectivity index (χ2n) is 5.62. The van der Waals surface area contributed by atoms with Crippen molar-refractivity contribution in [3.05, 3.63) is 69.3 Å². The van der Waals surface area contributed by atoms with Crippen LogP contribution in [-0.4, -0.2) is 29.8 Å². The van der Waals surface area contributed by atoms with Crippen LogP contribution >= 0.6 is 0 Å². The highest BCUT2D eigenvalue weighted by Gasteiger charge is 2.30. The molecule has 0 spiro atoms. The van der Waals surface area contributed by atoms with Gasteiger partial charge in [0.25, 0.3) is 11.6 Å². The van der Waals surface area contributed by atoms with Gasteiger partial charge in [0.1, 0.15) is 5.75 Å². The lowest BCUT2D eigenvalue weighted by Crippen LogP contribution is -2.23. The van der Waals surface area contributed by atoms with Gasteiger partial charge in [-0.1, -0.05) is 12.1 Å². The Morgan fingerprint density at radius 1 is 1.10 bits per heavy atom. The van der Waals surface area contributed by atoms with E-state index in [-0.39, 0.29) is 24.3 Å². The van der Waals surface area contributed by atoms with Crippen LogP contribution in [0.2, 0.25) is 0 Å². The molecule has 0 heterocycles. The largest absolute Gasteiger partial charge is 0.573 e. The molecule has 0 aromatic heterocycles. The third-order valence-electron chi connectivity index (χ3n) is 3.51. The van der Waals surface area contributed by atoms with Crippen LogP contribution in [0.5, 0.6) is 5.75 Å². The Bertz CT molecular complexity index is 913. The monoisotopic (exact) mass is 412 g/mol. The van der Waals surface area contributed by atoms with E-state index in [1.54, 1.807) is 6.92 Å².